The molecule has 1 N–H and O–H groups in total. The van der Waals surface area contributed by atoms with E-state index < -0.39 is 0 Å². The van der Waals surface area contributed by atoms with Gasteiger partial charge in [-0.25, -0.2) is 4.98 Å². The maximum atomic E-state index is 5.12. The van der Waals surface area contributed by atoms with Gasteiger partial charge in [0.25, 0.3) is 0 Å². The Kier molecular flexibility index (Phi) is 1.77. The first kappa shape index (κ1) is 7.61. The number of benzene rings is 1. The molecule has 1 aromatic carbocycles. The number of aromatic nitrogens is 2. The lowest BCUT2D eigenvalue weighted by molar-refractivity contribution is 0.413. The molecule has 4 heteroatoms. The molecule has 2 aromatic rings. The summed E-state index contributed by atoms with van der Waals surface area (Å²) < 4.78 is 6.01. The van der Waals surface area contributed by atoms with Crippen LogP contribution in [0.5, 0.6) is 5.75 Å². The predicted octanol–water partition coefficient (Wildman–Crippen LogP) is 2.33. The van der Waals surface area contributed by atoms with Crippen molar-refractivity contribution in [1.29, 1.82) is 0 Å². The van der Waals surface area contributed by atoms with Crippen LogP contribution in [-0.4, -0.2) is 17.1 Å². The normalized spacial score (nSPS) is 10.5. The number of ether oxygens (including phenoxy) is 1. The molecule has 0 aliphatic rings. The average Bonchev–Trinajstić information content (AvgIpc) is 2.53. The van der Waals surface area contributed by atoms with Gasteiger partial charge in [0.05, 0.1) is 23.4 Å². The number of methoxy groups -OCH3 is 1. The number of imidazole rings is 1. The summed E-state index contributed by atoms with van der Waals surface area (Å²) in [6, 6.07) is 3.83. The van der Waals surface area contributed by atoms with Gasteiger partial charge in [0.1, 0.15) is 11.3 Å². The highest BCUT2D eigenvalue weighted by Gasteiger charge is 2.05. The summed E-state index contributed by atoms with van der Waals surface area (Å²) in [7, 11) is 1.64. The van der Waals surface area contributed by atoms with Crippen molar-refractivity contribution in [1.82, 2.24) is 9.97 Å². The quantitative estimate of drug-likeness (QED) is 0.811. The van der Waals surface area contributed by atoms with E-state index >= 15 is 0 Å². The number of rotatable bonds is 1. The molecule has 0 spiro atoms. The standard InChI is InChI=1S/C8H7BrN2O/c1-12-6-3-2-5-8(7(6)9)11-4-10-5/h2-4H,1H3,(H,10,11). The Bertz CT molecular complexity index is 410. The van der Waals surface area contributed by atoms with E-state index in [1.165, 1.54) is 0 Å². The summed E-state index contributed by atoms with van der Waals surface area (Å²) in [6.45, 7) is 0. The van der Waals surface area contributed by atoms with E-state index in [9.17, 15) is 0 Å². The Labute approximate surface area is 77.9 Å². The monoisotopic (exact) mass is 226 g/mol. The second-order valence-electron chi connectivity index (χ2n) is 2.38. The molecular formula is C8H7BrN2O. The summed E-state index contributed by atoms with van der Waals surface area (Å²) in [4.78, 5) is 7.16. The zero-order valence-corrected chi connectivity index (χ0v) is 8.05. The topological polar surface area (TPSA) is 37.9 Å². The summed E-state index contributed by atoms with van der Waals surface area (Å²) in [6.07, 6.45) is 1.66. The lowest BCUT2D eigenvalue weighted by Crippen LogP contribution is -1.84. The number of nitrogens with zero attached hydrogens (tertiary/aromatic N) is 1. The molecular weight excluding hydrogens is 220 g/mol. The van der Waals surface area contributed by atoms with Crippen molar-refractivity contribution < 1.29 is 4.74 Å². The largest absolute Gasteiger partial charge is 0.495 e. The minimum atomic E-state index is 0.801. The van der Waals surface area contributed by atoms with E-state index in [4.69, 9.17) is 4.74 Å². The second kappa shape index (κ2) is 2.79. The number of fused-ring (bicyclic) bond motifs is 1. The van der Waals surface area contributed by atoms with Gasteiger partial charge < -0.3 is 9.72 Å². The van der Waals surface area contributed by atoms with E-state index in [-0.39, 0.29) is 0 Å². The molecule has 0 saturated heterocycles. The molecule has 0 unspecified atom stereocenters. The highest BCUT2D eigenvalue weighted by molar-refractivity contribution is 9.10. The minimum Gasteiger partial charge on any atom is -0.495 e. The van der Waals surface area contributed by atoms with E-state index in [0.717, 1.165) is 21.3 Å². The number of nitrogens with one attached hydrogen (secondary N) is 1. The van der Waals surface area contributed by atoms with Crippen LogP contribution < -0.4 is 4.74 Å². The summed E-state index contributed by atoms with van der Waals surface area (Å²) in [5.74, 6) is 0.801. The van der Waals surface area contributed by atoms with E-state index in [0.29, 0.717) is 0 Å². The zero-order valence-electron chi connectivity index (χ0n) is 6.47. The van der Waals surface area contributed by atoms with Crippen molar-refractivity contribution in [2.45, 2.75) is 0 Å². The molecule has 1 aromatic heterocycles. The lowest BCUT2D eigenvalue weighted by atomic mass is 10.3. The van der Waals surface area contributed by atoms with Crippen molar-refractivity contribution in [2.24, 2.45) is 0 Å². The summed E-state index contributed by atoms with van der Waals surface area (Å²) >= 11 is 3.41. The Morgan fingerprint density at radius 2 is 2.33 bits per heavy atom. The van der Waals surface area contributed by atoms with Crippen molar-refractivity contribution >= 4 is 27.0 Å². The number of hydrogen-bond acceptors (Lipinski definition) is 2. The van der Waals surface area contributed by atoms with Gasteiger partial charge in [0, 0.05) is 0 Å². The maximum Gasteiger partial charge on any atom is 0.135 e. The Hall–Kier alpha value is -1.03. The van der Waals surface area contributed by atoms with Crippen LogP contribution in [0.3, 0.4) is 0 Å². The van der Waals surface area contributed by atoms with Crippen LogP contribution in [0.25, 0.3) is 11.0 Å². The maximum absolute atomic E-state index is 5.12. The van der Waals surface area contributed by atoms with E-state index in [1.54, 1.807) is 13.4 Å². The molecule has 0 atom stereocenters. The van der Waals surface area contributed by atoms with Gasteiger partial charge in [-0.1, -0.05) is 0 Å². The first-order chi connectivity index (χ1) is 5.83. The zero-order chi connectivity index (χ0) is 8.55. The summed E-state index contributed by atoms with van der Waals surface area (Å²) in [5.41, 5.74) is 1.90. The molecule has 0 amide bonds. The van der Waals surface area contributed by atoms with Crippen LogP contribution in [-0.2, 0) is 0 Å². The number of hydrogen-bond donors (Lipinski definition) is 1. The fourth-order valence-corrected chi connectivity index (χ4v) is 1.72. The van der Waals surface area contributed by atoms with Crippen molar-refractivity contribution in [2.75, 3.05) is 7.11 Å². The van der Waals surface area contributed by atoms with Crippen molar-refractivity contribution in [3.05, 3.63) is 22.9 Å². The van der Waals surface area contributed by atoms with Crippen LogP contribution in [0.15, 0.2) is 22.9 Å². The Balaban J connectivity index is 2.78. The van der Waals surface area contributed by atoms with Crippen LogP contribution in [0, 0.1) is 0 Å². The SMILES string of the molecule is COc1ccc2[nH]cnc2c1Br. The van der Waals surface area contributed by atoms with Gasteiger partial charge >= 0.3 is 0 Å². The average molecular weight is 227 g/mol. The lowest BCUT2D eigenvalue weighted by Gasteiger charge is -2.01. The predicted molar refractivity (Wildman–Crippen MR) is 50.3 cm³/mol. The second-order valence-corrected chi connectivity index (χ2v) is 3.17. The van der Waals surface area contributed by atoms with Crippen molar-refractivity contribution in [3.63, 3.8) is 0 Å². The van der Waals surface area contributed by atoms with Gasteiger partial charge in [-0.3, -0.25) is 0 Å². The van der Waals surface area contributed by atoms with Crippen molar-refractivity contribution in [3.8, 4) is 5.75 Å². The van der Waals surface area contributed by atoms with E-state index in [1.807, 2.05) is 12.1 Å². The molecule has 0 radical (unpaired) electrons. The fourth-order valence-electron chi connectivity index (χ4n) is 1.11. The molecule has 3 nitrogen and oxygen atoms in total. The van der Waals surface area contributed by atoms with Crippen LogP contribution in [0.4, 0.5) is 0 Å². The molecule has 0 saturated carbocycles. The van der Waals surface area contributed by atoms with Gasteiger partial charge in [-0.05, 0) is 28.1 Å². The minimum absolute atomic E-state index is 0.801. The number of aromatic amines is 1. The van der Waals surface area contributed by atoms with Crippen LogP contribution in [0.1, 0.15) is 0 Å². The molecule has 0 aliphatic carbocycles. The third kappa shape index (κ3) is 0.992. The third-order valence-electron chi connectivity index (χ3n) is 1.71. The molecule has 0 aliphatic heterocycles. The Morgan fingerprint density at radius 3 is 3.08 bits per heavy atom. The molecule has 0 fully saturated rings. The molecule has 62 valence electrons. The highest BCUT2D eigenvalue weighted by Crippen LogP contribution is 2.30. The van der Waals surface area contributed by atoms with Crippen LogP contribution in [0.2, 0.25) is 0 Å². The van der Waals surface area contributed by atoms with Gasteiger partial charge in [0.15, 0.2) is 0 Å². The molecule has 0 bridgehead atoms. The van der Waals surface area contributed by atoms with Gasteiger partial charge in [-0.2, -0.15) is 0 Å². The molecule has 2 rings (SSSR count). The Morgan fingerprint density at radius 1 is 1.50 bits per heavy atom. The first-order valence-corrected chi connectivity index (χ1v) is 4.28. The molecule has 1 heterocycles. The molecule has 12 heavy (non-hydrogen) atoms. The smallest absolute Gasteiger partial charge is 0.135 e. The first-order valence-electron chi connectivity index (χ1n) is 3.48. The number of H-pyrrole nitrogens is 1. The van der Waals surface area contributed by atoms with E-state index in [2.05, 4.69) is 25.9 Å². The summed E-state index contributed by atoms with van der Waals surface area (Å²) in [5, 5.41) is 0. The van der Waals surface area contributed by atoms with Gasteiger partial charge in [0.2, 0.25) is 0 Å². The fraction of sp³-hybridized carbons (Fsp3) is 0.125. The highest BCUT2D eigenvalue weighted by atomic mass is 79.9. The van der Waals surface area contributed by atoms with Crippen LogP contribution >= 0.6 is 15.9 Å². The number of halogens is 1. The van der Waals surface area contributed by atoms with Gasteiger partial charge in [-0.15, -0.1) is 0 Å². The third-order valence-corrected chi connectivity index (χ3v) is 2.48.